The van der Waals surface area contributed by atoms with Crippen molar-refractivity contribution in [3.8, 4) is 0 Å². The van der Waals surface area contributed by atoms with E-state index in [4.69, 9.17) is 5.73 Å². The molecule has 0 radical (unpaired) electrons. The van der Waals surface area contributed by atoms with Crippen molar-refractivity contribution in [1.29, 1.82) is 0 Å². The van der Waals surface area contributed by atoms with Crippen molar-refractivity contribution < 1.29 is 0 Å². The number of H-pyrrole nitrogens is 2. The highest BCUT2D eigenvalue weighted by Crippen LogP contribution is 2.31. The van der Waals surface area contributed by atoms with Crippen molar-refractivity contribution in [2.24, 2.45) is 0 Å². The van der Waals surface area contributed by atoms with Gasteiger partial charge in [0.05, 0.1) is 0 Å². The third kappa shape index (κ3) is 3.54. The first-order valence-corrected chi connectivity index (χ1v) is 7.69. The van der Waals surface area contributed by atoms with Crippen LogP contribution in [-0.2, 0) is 0 Å². The summed E-state index contributed by atoms with van der Waals surface area (Å²) < 4.78 is 0.761. The molecule has 22 heavy (non-hydrogen) atoms. The second-order valence-electron chi connectivity index (χ2n) is 4.16. The lowest BCUT2D eigenvalue weighted by Crippen LogP contribution is -2.22. The fraction of sp³-hybridized carbons (Fsp3) is 0. The van der Waals surface area contributed by atoms with Crippen molar-refractivity contribution in [3.05, 3.63) is 51.2 Å². The maximum absolute atomic E-state index is 11.2. The van der Waals surface area contributed by atoms with E-state index in [2.05, 4.69) is 25.5 Å². The monoisotopic (exact) mass is 334 g/mol. The lowest BCUT2D eigenvalue weighted by atomic mass is 10.3. The van der Waals surface area contributed by atoms with Gasteiger partial charge in [0.1, 0.15) is 5.82 Å². The molecule has 0 aliphatic carbocycles. The summed E-state index contributed by atoms with van der Waals surface area (Å²) in [6.45, 7) is 0. The van der Waals surface area contributed by atoms with Gasteiger partial charge in [-0.05, 0) is 24.3 Å². The van der Waals surface area contributed by atoms with Crippen molar-refractivity contribution in [2.45, 2.75) is 9.24 Å². The van der Waals surface area contributed by atoms with Gasteiger partial charge in [-0.2, -0.15) is 0 Å². The van der Waals surface area contributed by atoms with Crippen molar-refractivity contribution >= 4 is 39.7 Å². The van der Waals surface area contributed by atoms with E-state index in [1.165, 1.54) is 29.2 Å². The number of anilines is 3. The van der Waals surface area contributed by atoms with E-state index in [9.17, 15) is 9.59 Å². The molecule has 5 N–H and O–H groups in total. The molecule has 0 saturated heterocycles. The molecule has 3 aromatic rings. The Morgan fingerprint density at radius 3 is 2.55 bits per heavy atom. The SMILES string of the molecule is Nc1nnc(Sc2ccc(Nc3cc(=O)[nH]c(=O)[nH]3)cc2)s1. The number of benzene rings is 1. The smallest absolute Gasteiger partial charge is 0.327 e. The second-order valence-corrected chi connectivity index (χ2v) is 6.49. The standard InChI is InChI=1S/C12H10N6O2S2/c13-10-17-18-12(22-10)21-7-3-1-6(2-4-7)14-8-5-9(19)16-11(20)15-8/h1-5H,(H2,13,17)(H3,14,15,16,19,20). The summed E-state index contributed by atoms with van der Waals surface area (Å²) in [7, 11) is 0. The van der Waals surface area contributed by atoms with Crippen molar-refractivity contribution in [2.75, 3.05) is 11.1 Å². The third-order valence-electron chi connectivity index (χ3n) is 2.52. The Hall–Kier alpha value is -2.59. The molecule has 0 unspecified atom stereocenters. The van der Waals surface area contributed by atoms with Crippen LogP contribution in [0.1, 0.15) is 0 Å². The zero-order chi connectivity index (χ0) is 15.5. The molecule has 0 spiro atoms. The Morgan fingerprint density at radius 1 is 1.14 bits per heavy atom. The number of nitrogen functional groups attached to an aromatic ring is 1. The molecule has 0 bridgehead atoms. The van der Waals surface area contributed by atoms with Crippen LogP contribution in [0.3, 0.4) is 0 Å². The van der Waals surface area contributed by atoms with Gasteiger partial charge in [0.2, 0.25) is 5.13 Å². The van der Waals surface area contributed by atoms with Crippen LogP contribution in [0.4, 0.5) is 16.6 Å². The van der Waals surface area contributed by atoms with E-state index >= 15 is 0 Å². The van der Waals surface area contributed by atoms with Crippen LogP contribution in [-0.4, -0.2) is 20.2 Å². The Kier molecular flexibility index (Phi) is 3.94. The lowest BCUT2D eigenvalue weighted by Gasteiger charge is -2.06. The number of aromatic nitrogens is 4. The first kappa shape index (κ1) is 14.4. The molecule has 10 heteroatoms. The zero-order valence-electron chi connectivity index (χ0n) is 11.0. The Morgan fingerprint density at radius 2 is 1.91 bits per heavy atom. The molecular weight excluding hydrogens is 324 g/mol. The number of hydrogen-bond donors (Lipinski definition) is 4. The Labute approximate surface area is 131 Å². The lowest BCUT2D eigenvalue weighted by molar-refractivity contribution is 1.02. The predicted molar refractivity (Wildman–Crippen MR) is 85.9 cm³/mol. The van der Waals surface area contributed by atoms with Gasteiger partial charge >= 0.3 is 5.69 Å². The first-order valence-electron chi connectivity index (χ1n) is 6.06. The van der Waals surface area contributed by atoms with Gasteiger partial charge < -0.3 is 11.1 Å². The van der Waals surface area contributed by atoms with Crippen LogP contribution in [0, 0.1) is 0 Å². The topological polar surface area (TPSA) is 130 Å². The molecule has 2 heterocycles. The highest BCUT2D eigenvalue weighted by Gasteiger charge is 2.04. The van der Waals surface area contributed by atoms with E-state index in [-0.39, 0.29) is 0 Å². The van der Waals surface area contributed by atoms with E-state index in [0.29, 0.717) is 10.9 Å². The number of nitrogens with two attached hydrogens (primary N) is 1. The summed E-state index contributed by atoms with van der Waals surface area (Å²) in [5.41, 5.74) is 5.24. The highest BCUT2D eigenvalue weighted by molar-refractivity contribution is 8.01. The number of rotatable bonds is 4. The molecule has 3 rings (SSSR count). The summed E-state index contributed by atoms with van der Waals surface area (Å²) >= 11 is 2.77. The summed E-state index contributed by atoms with van der Waals surface area (Å²) in [5.74, 6) is 0.325. The molecule has 2 aromatic heterocycles. The number of nitrogens with zero attached hydrogens (tertiary/aromatic N) is 2. The minimum Gasteiger partial charge on any atom is -0.374 e. The van der Waals surface area contributed by atoms with Gasteiger partial charge in [0.15, 0.2) is 4.34 Å². The molecule has 0 atom stereocenters. The van der Waals surface area contributed by atoms with Crippen LogP contribution >= 0.6 is 23.1 Å². The van der Waals surface area contributed by atoms with Crippen LogP contribution in [0.15, 0.2) is 49.2 Å². The van der Waals surface area contributed by atoms with Crippen LogP contribution in [0.25, 0.3) is 0 Å². The average molecular weight is 334 g/mol. The molecule has 0 saturated carbocycles. The summed E-state index contributed by atoms with van der Waals surface area (Å²) in [6, 6.07) is 8.69. The molecule has 0 aliphatic rings. The van der Waals surface area contributed by atoms with Gasteiger partial charge in [0, 0.05) is 16.6 Å². The van der Waals surface area contributed by atoms with Crippen LogP contribution < -0.4 is 22.3 Å². The minimum absolute atomic E-state index is 0.325. The van der Waals surface area contributed by atoms with Gasteiger partial charge in [0.25, 0.3) is 5.56 Å². The van der Waals surface area contributed by atoms with Crippen molar-refractivity contribution in [3.63, 3.8) is 0 Å². The Bertz CT molecular complexity index is 870. The van der Waals surface area contributed by atoms with Gasteiger partial charge in [-0.3, -0.25) is 14.8 Å². The van der Waals surface area contributed by atoms with Crippen LogP contribution in [0.5, 0.6) is 0 Å². The molecule has 0 amide bonds. The largest absolute Gasteiger partial charge is 0.374 e. The normalized spacial score (nSPS) is 10.5. The zero-order valence-corrected chi connectivity index (χ0v) is 12.6. The molecular formula is C12H10N6O2S2. The average Bonchev–Trinajstić information content (AvgIpc) is 2.85. The third-order valence-corrected chi connectivity index (χ3v) is 4.33. The second kappa shape index (κ2) is 6.03. The van der Waals surface area contributed by atoms with E-state index in [0.717, 1.165) is 14.9 Å². The highest BCUT2D eigenvalue weighted by atomic mass is 32.2. The maximum Gasteiger partial charge on any atom is 0.327 e. The predicted octanol–water partition coefficient (Wildman–Crippen LogP) is 1.39. The first-order chi connectivity index (χ1) is 10.6. The molecule has 8 nitrogen and oxygen atoms in total. The van der Waals surface area contributed by atoms with E-state index in [1.54, 1.807) is 0 Å². The summed E-state index contributed by atoms with van der Waals surface area (Å²) in [4.78, 5) is 28.0. The van der Waals surface area contributed by atoms with Gasteiger partial charge in [-0.15, -0.1) is 10.2 Å². The van der Waals surface area contributed by atoms with E-state index < -0.39 is 11.2 Å². The maximum atomic E-state index is 11.2. The summed E-state index contributed by atoms with van der Waals surface area (Å²) in [6.07, 6.45) is 0. The minimum atomic E-state index is -0.559. The Balaban J connectivity index is 1.73. The molecule has 0 aliphatic heterocycles. The van der Waals surface area contributed by atoms with Gasteiger partial charge in [-0.1, -0.05) is 23.1 Å². The van der Waals surface area contributed by atoms with E-state index in [1.807, 2.05) is 24.3 Å². The molecule has 1 aromatic carbocycles. The van der Waals surface area contributed by atoms with Gasteiger partial charge in [-0.25, -0.2) is 4.79 Å². The number of nitrogens with one attached hydrogen (secondary N) is 3. The fourth-order valence-corrected chi connectivity index (χ4v) is 3.27. The number of hydrogen-bond acceptors (Lipinski definition) is 8. The van der Waals surface area contributed by atoms with Crippen molar-refractivity contribution in [1.82, 2.24) is 20.2 Å². The molecule has 0 fully saturated rings. The van der Waals surface area contributed by atoms with Crippen LogP contribution in [0.2, 0.25) is 0 Å². The fourth-order valence-electron chi connectivity index (χ4n) is 1.66. The molecule has 112 valence electrons. The number of aromatic amines is 2. The quantitative estimate of drug-likeness (QED) is 0.567. The summed E-state index contributed by atoms with van der Waals surface area (Å²) in [5, 5.41) is 11.1.